The van der Waals surface area contributed by atoms with E-state index < -0.39 is 0 Å². The maximum Gasteiger partial charge on any atom is 0.160 e. The number of allylic oxidation sites excluding steroid dienone is 4. The SMILES string of the molecule is CC1(C)c2ccccc2-n2cc3c(c21)N(c1cc(-c2cc(-c4ccccc4)nc(-c4ccccc4)n2)cc(-n2c4ccccc4c4cn5c(c42)C(C)(C)c2ccccc2-5)c1)C1=CC=CCC13. The Balaban J connectivity index is 1.08. The van der Waals surface area contributed by atoms with E-state index in [1.807, 2.05) is 6.07 Å². The predicted octanol–water partition coefficient (Wildman–Crippen LogP) is 14.5. The molecule has 0 amide bonds. The molecule has 0 fully saturated rings. The molecule has 10 aromatic rings. The summed E-state index contributed by atoms with van der Waals surface area (Å²) in [5.74, 6) is 0.936. The third-order valence-corrected chi connectivity index (χ3v) is 15.0. The van der Waals surface area contributed by atoms with Crippen LogP contribution in [0.4, 0.5) is 11.4 Å². The van der Waals surface area contributed by atoms with Gasteiger partial charge < -0.3 is 18.6 Å². The zero-order valence-electron chi connectivity index (χ0n) is 37.4. The van der Waals surface area contributed by atoms with Crippen molar-refractivity contribution in [2.45, 2.75) is 50.9 Å². The lowest BCUT2D eigenvalue weighted by Crippen LogP contribution is -2.22. The molecule has 0 bridgehead atoms. The summed E-state index contributed by atoms with van der Waals surface area (Å²) in [4.78, 5) is 13.3. The Morgan fingerprint density at radius 2 is 1.15 bits per heavy atom. The Bertz CT molecular complexity index is 3680. The number of nitrogens with zero attached hydrogens (tertiary/aromatic N) is 6. The van der Waals surface area contributed by atoms with E-state index in [4.69, 9.17) is 9.97 Å². The average Bonchev–Trinajstić information content (AvgIpc) is 4.17. The number of benzene rings is 6. The van der Waals surface area contributed by atoms with Crippen LogP contribution in [0.25, 0.3) is 72.8 Å². The van der Waals surface area contributed by atoms with Crippen LogP contribution in [0, 0.1) is 0 Å². The summed E-state index contributed by atoms with van der Waals surface area (Å²) in [7, 11) is 0. The van der Waals surface area contributed by atoms with Gasteiger partial charge in [0.05, 0.1) is 39.5 Å². The second-order valence-corrected chi connectivity index (χ2v) is 19.5. The van der Waals surface area contributed by atoms with Crippen molar-refractivity contribution in [3.63, 3.8) is 0 Å². The summed E-state index contributed by atoms with van der Waals surface area (Å²) < 4.78 is 7.49. The molecule has 316 valence electrons. The van der Waals surface area contributed by atoms with E-state index in [0.717, 1.165) is 45.9 Å². The molecule has 6 nitrogen and oxygen atoms in total. The van der Waals surface area contributed by atoms with Crippen LogP contribution in [-0.4, -0.2) is 23.7 Å². The number of anilines is 2. The van der Waals surface area contributed by atoms with Crippen molar-refractivity contribution in [2.75, 3.05) is 4.90 Å². The molecule has 0 N–H and O–H groups in total. The first-order valence-electron chi connectivity index (χ1n) is 23.2. The van der Waals surface area contributed by atoms with Gasteiger partial charge in [0.2, 0.25) is 0 Å². The van der Waals surface area contributed by atoms with E-state index in [1.54, 1.807) is 0 Å². The molecule has 6 aromatic carbocycles. The highest BCUT2D eigenvalue weighted by Gasteiger charge is 2.47. The number of hydrogen-bond acceptors (Lipinski definition) is 3. The molecule has 4 aliphatic rings. The standard InChI is InChI=1S/C60H46N6/c1-59(2)46-25-13-17-29-52(46)63-35-44-42-23-11-15-27-50(42)65(54(44)56(59)63)40-31-39(49-34-48(37-19-7-5-8-20-37)61-58(62-49)38-21-9-6-10-22-38)32-41(33-40)66-51-28-16-12-24-43(51)45-36-64-53-30-18-14-26-47(53)60(3,4)57(64)55(45)66/h5-23,25-36,43H,24H2,1-4H3. The molecule has 0 spiro atoms. The lowest BCUT2D eigenvalue weighted by molar-refractivity contribution is 0.643. The molecule has 14 rings (SSSR count). The second-order valence-electron chi connectivity index (χ2n) is 19.5. The van der Waals surface area contributed by atoms with Crippen LogP contribution >= 0.6 is 0 Å². The molecule has 3 aliphatic heterocycles. The quantitative estimate of drug-likeness (QED) is 0.173. The van der Waals surface area contributed by atoms with Gasteiger partial charge in [0, 0.05) is 90.6 Å². The Kier molecular flexibility index (Phi) is 7.54. The minimum absolute atomic E-state index is 0.220. The van der Waals surface area contributed by atoms with Crippen LogP contribution in [0.1, 0.15) is 68.1 Å². The Labute approximate surface area is 384 Å². The summed E-state index contributed by atoms with van der Waals surface area (Å²) in [6.45, 7) is 9.56. The molecule has 4 aromatic heterocycles. The highest BCUT2D eigenvalue weighted by molar-refractivity contribution is 6.11. The van der Waals surface area contributed by atoms with Crippen LogP contribution < -0.4 is 4.90 Å². The van der Waals surface area contributed by atoms with Crippen LogP contribution in [0.15, 0.2) is 194 Å². The molecule has 0 saturated carbocycles. The second kappa shape index (κ2) is 13.3. The fourth-order valence-electron chi connectivity index (χ4n) is 12.1. The van der Waals surface area contributed by atoms with Gasteiger partial charge in [-0.15, -0.1) is 0 Å². The number of fused-ring (bicyclic) bond motifs is 14. The topological polar surface area (TPSA) is 43.8 Å². The van der Waals surface area contributed by atoms with Crippen LogP contribution in [0.3, 0.4) is 0 Å². The van der Waals surface area contributed by atoms with E-state index >= 15 is 0 Å². The van der Waals surface area contributed by atoms with Gasteiger partial charge in [-0.3, -0.25) is 0 Å². The van der Waals surface area contributed by atoms with Gasteiger partial charge in [-0.2, -0.15) is 0 Å². The summed E-state index contributed by atoms with van der Waals surface area (Å²) in [6.07, 6.45) is 12.7. The Hall–Kier alpha value is -7.96. The number of rotatable bonds is 5. The molecule has 0 radical (unpaired) electrons. The maximum atomic E-state index is 5.46. The number of hydrogen-bond donors (Lipinski definition) is 0. The van der Waals surface area contributed by atoms with Crippen LogP contribution in [0.2, 0.25) is 0 Å². The molecule has 0 saturated heterocycles. The summed E-state index contributed by atoms with van der Waals surface area (Å²) in [5.41, 5.74) is 20.8. The monoisotopic (exact) mass is 850 g/mol. The van der Waals surface area contributed by atoms with E-state index in [-0.39, 0.29) is 16.7 Å². The molecular formula is C60H46N6. The molecule has 6 heteroatoms. The normalized spacial score (nSPS) is 16.8. The Morgan fingerprint density at radius 3 is 1.89 bits per heavy atom. The van der Waals surface area contributed by atoms with E-state index in [1.165, 1.54) is 72.6 Å². The van der Waals surface area contributed by atoms with Crippen LogP contribution in [-0.2, 0) is 10.8 Å². The van der Waals surface area contributed by atoms with Crippen LogP contribution in [0.5, 0.6) is 0 Å². The molecule has 1 atom stereocenters. The molecule has 1 unspecified atom stereocenters. The summed E-state index contributed by atoms with van der Waals surface area (Å²) >= 11 is 0. The number of para-hydroxylation sites is 3. The smallest absolute Gasteiger partial charge is 0.160 e. The van der Waals surface area contributed by atoms with E-state index in [0.29, 0.717) is 5.82 Å². The van der Waals surface area contributed by atoms with E-state index in [2.05, 4.69) is 229 Å². The van der Waals surface area contributed by atoms with Crippen molar-refractivity contribution < 1.29 is 0 Å². The minimum atomic E-state index is -0.239. The predicted molar refractivity (Wildman–Crippen MR) is 269 cm³/mol. The van der Waals surface area contributed by atoms with Gasteiger partial charge in [0.1, 0.15) is 0 Å². The molecule has 66 heavy (non-hydrogen) atoms. The van der Waals surface area contributed by atoms with Crippen molar-refractivity contribution in [2.24, 2.45) is 0 Å². The van der Waals surface area contributed by atoms with Gasteiger partial charge >= 0.3 is 0 Å². The van der Waals surface area contributed by atoms with E-state index in [9.17, 15) is 0 Å². The van der Waals surface area contributed by atoms with Gasteiger partial charge in [0.25, 0.3) is 0 Å². The highest BCUT2D eigenvalue weighted by Crippen LogP contribution is 2.59. The Morgan fingerprint density at radius 1 is 0.545 bits per heavy atom. The first-order chi connectivity index (χ1) is 32.3. The lowest BCUT2D eigenvalue weighted by atomic mass is 9.82. The minimum Gasteiger partial charge on any atom is -0.317 e. The highest BCUT2D eigenvalue weighted by atomic mass is 15.2. The van der Waals surface area contributed by atoms with Gasteiger partial charge in [-0.1, -0.05) is 155 Å². The first kappa shape index (κ1) is 37.4. The zero-order valence-corrected chi connectivity index (χ0v) is 37.4. The van der Waals surface area contributed by atoms with Gasteiger partial charge in [0.15, 0.2) is 5.82 Å². The summed E-state index contributed by atoms with van der Waals surface area (Å²) in [6, 6.07) is 57.1. The first-order valence-corrected chi connectivity index (χ1v) is 23.2. The largest absolute Gasteiger partial charge is 0.317 e. The third kappa shape index (κ3) is 5.01. The zero-order chi connectivity index (χ0) is 44.1. The molecule has 1 aliphatic carbocycles. The maximum absolute atomic E-state index is 5.46. The van der Waals surface area contributed by atoms with Crippen molar-refractivity contribution in [1.82, 2.24) is 23.7 Å². The fourth-order valence-corrected chi connectivity index (χ4v) is 12.1. The van der Waals surface area contributed by atoms with Crippen molar-refractivity contribution >= 4 is 33.2 Å². The van der Waals surface area contributed by atoms with Crippen molar-refractivity contribution in [3.05, 3.63) is 222 Å². The molecule has 7 heterocycles. The van der Waals surface area contributed by atoms with Gasteiger partial charge in [-0.05, 0) is 66.1 Å². The molecular weight excluding hydrogens is 805 g/mol. The lowest BCUT2D eigenvalue weighted by Gasteiger charge is -2.30. The van der Waals surface area contributed by atoms with Crippen molar-refractivity contribution in [1.29, 1.82) is 0 Å². The van der Waals surface area contributed by atoms with Gasteiger partial charge in [-0.25, -0.2) is 9.97 Å². The average molecular weight is 851 g/mol. The fraction of sp³-hybridized carbons (Fsp3) is 0.133. The summed E-state index contributed by atoms with van der Waals surface area (Å²) in [5, 5.41) is 2.49. The number of aromatic nitrogens is 5. The van der Waals surface area contributed by atoms with Crippen molar-refractivity contribution in [3.8, 4) is 51.0 Å². The third-order valence-electron chi connectivity index (χ3n) is 15.0.